The van der Waals surface area contributed by atoms with Gasteiger partial charge in [0.25, 0.3) is 0 Å². The van der Waals surface area contributed by atoms with E-state index >= 15 is 0 Å². The van der Waals surface area contributed by atoms with Crippen molar-refractivity contribution in [2.75, 3.05) is 17.7 Å². The van der Waals surface area contributed by atoms with Crippen LogP contribution in [0.3, 0.4) is 0 Å². The standard InChI is InChI=1S/C15H12BrFN4/c1-18-15-19-8-12(17)14(21-15)20-13-7-6-11(16)9-4-2-3-5-10(9)13/h2-8H,1H3,(H2,18,19,20,21). The van der Waals surface area contributed by atoms with E-state index < -0.39 is 5.82 Å². The zero-order valence-electron chi connectivity index (χ0n) is 11.2. The molecule has 2 N–H and O–H groups in total. The van der Waals surface area contributed by atoms with Gasteiger partial charge in [0.15, 0.2) is 11.6 Å². The number of aromatic nitrogens is 2. The lowest BCUT2D eigenvalue weighted by Gasteiger charge is -2.11. The molecule has 0 bridgehead atoms. The van der Waals surface area contributed by atoms with Gasteiger partial charge in [-0.3, -0.25) is 0 Å². The van der Waals surface area contributed by atoms with Crippen molar-refractivity contribution < 1.29 is 4.39 Å². The summed E-state index contributed by atoms with van der Waals surface area (Å²) < 4.78 is 14.8. The van der Waals surface area contributed by atoms with E-state index in [-0.39, 0.29) is 5.82 Å². The van der Waals surface area contributed by atoms with E-state index in [0.29, 0.717) is 5.95 Å². The van der Waals surface area contributed by atoms with E-state index in [1.807, 2.05) is 36.4 Å². The Balaban J connectivity index is 2.08. The Bertz CT molecular complexity index is 807. The fourth-order valence-electron chi connectivity index (χ4n) is 2.07. The number of nitrogens with one attached hydrogen (secondary N) is 2. The molecule has 0 aliphatic rings. The maximum absolute atomic E-state index is 13.8. The summed E-state index contributed by atoms with van der Waals surface area (Å²) in [5, 5.41) is 7.85. The minimum Gasteiger partial charge on any atom is -0.357 e. The Kier molecular flexibility index (Phi) is 3.70. The van der Waals surface area contributed by atoms with E-state index in [2.05, 4.69) is 36.5 Å². The van der Waals surface area contributed by atoms with Gasteiger partial charge in [0, 0.05) is 22.6 Å². The van der Waals surface area contributed by atoms with Crippen LogP contribution in [-0.4, -0.2) is 17.0 Å². The van der Waals surface area contributed by atoms with E-state index in [1.54, 1.807) is 7.05 Å². The van der Waals surface area contributed by atoms with Crippen LogP contribution in [0.2, 0.25) is 0 Å². The summed E-state index contributed by atoms with van der Waals surface area (Å²) in [4.78, 5) is 7.93. The third-order valence-electron chi connectivity index (χ3n) is 3.09. The summed E-state index contributed by atoms with van der Waals surface area (Å²) in [5.41, 5.74) is 0.786. The van der Waals surface area contributed by atoms with Gasteiger partial charge in [-0.25, -0.2) is 9.37 Å². The molecular formula is C15H12BrFN4. The van der Waals surface area contributed by atoms with Crippen molar-refractivity contribution >= 4 is 44.2 Å². The minimum atomic E-state index is -0.499. The fourth-order valence-corrected chi connectivity index (χ4v) is 2.55. The number of hydrogen-bond donors (Lipinski definition) is 2. The summed E-state index contributed by atoms with van der Waals surface area (Å²) in [6, 6.07) is 11.7. The van der Waals surface area contributed by atoms with Crippen LogP contribution in [0.1, 0.15) is 0 Å². The van der Waals surface area contributed by atoms with Crippen LogP contribution in [0.25, 0.3) is 10.8 Å². The Morgan fingerprint density at radius 1 is 1.10 bits per heavy atom. The molecular weight excluding hydrogens is 335 g/mol. The van der Waals surface area contributed by atoms with E-state index in [0.717, 1.165) is 27.1 Å². The van der Waals surface area contributed by atoms with E-state index in [4.69, 9.17) is 0 Å². The molecule has 0 amide bonds. The van der Waals surface area contributed by atoms with Crippen LogP contribution in [0, 0.1) is 5.82 Å². The SMILES string of the molecule is CNc1ncc(F)c(Nc2ccc(Br)c3ccccc23)n1. The Labute approximate surface area is 129 Å². The maximum atomic E-state index is 13.8. The molecule has 1 heterocycles. The average Bonchev–Trinajstić information content (AvgIpc) is 2.52. The lowest BCUT2D eigenvalue weighted by atomic mass is 10.1. The minimum absolute atomic E-state index is 0.141. The van der Waals surface area contributed by atoms with Gasteiger partial charge in [-0.1, -0.05) is 40.2 Å². The molecule has 21 heavy (non-hydrogen) atoms. The average molecular weight is 347 g/mol. The Morgan fingerprint density at radius 3 is 2.62 bits per heavy atom. The van der Waals surface area contributed by atoms with Gasteiger partial charge < -0.3 is 10.6 Å². The normalized spacial score (nSPS) is 10.6. The maximum Gasteiger partial charge on any atom is 0.224 e. The first-order valence-electron chi connectivity index (χ1n) is 6.33. The third-order valence-corrected chi connectivity index (χ3v) is 3.78. The van der Waals surface area contributed by atoms with Crippen LogP contribution in [-0.2, 0) is 0 Å². The molecule has 1 aromatic heterocycles. The second-order valence-electron chi connectivity index (χ2n) is 4.41. The van der Waals surface area contributed by atoms with Gasteiger partial charge in [0.05, 0.1) is 6.20 Å². The number of anilines is 3. The van der Waals surface area contributed by atoms with Crippen molar-refractivity contribution in [2.24, 2.45) is 0 Å². The molecule has 0 unspecified atom stereocenters. The molecule has 0 aliphatic carbocycles. The summed E-state index contributed by atoms with van der Waals surface area (Å²) in [7, 11) is 1.69. The van der Waals surface area contributed by atoms with Gasteiger partial charge in [0.2, 0.25) is 5.95 Å². The van der Waals surface area contributed by atoms with Crippen molar-refractivity contribution in [3.8, 4) is 0 Å². The summed E-state index contributed by atoms with van der Waals surface area (Å²) in [6.07, 6.45) is 1.14. The highest BCUT2D eigenvalue weighted by atomic mass is 79.9. The van der Waals surface area contributed by atoms with Crippen LogP contribution in [0.15, 0.2) is 47.1 Å². The molecule has 106 valence electrons. The van der Waals surface area contributed by atoms with Gasteiger partial charge in [-0.15, -0.1) is 0 Å². The van der Waals surface area contributed by atoms with Gasteiger partial charge in [-0.05, 0) is 17.5 Å². The molecule has 3 rings (SSSR count). The molecule has 0 atom stereocenters. The van der Waals surface area contributed by atoms with Gasteiger partial charge in [-0.2, -0.15) is 4.98 Å². The fraction of sp³-hybridized carbons (Fsp3) is 0.0667. The highest BCUT2D eigenvalue weighted by Gasteiger charge is 2.09. The summed E-state index contributed by atoms with van der Waals surface area (Å²) >= 11 is 3.52. The highest BCUT2D eigenvalue weighted by Crippen LogP contribution is 2.31. The molecule has 0 saturated heterocycles. The van der Waals surface area contributed by atoms with Gasteiger partial charge >= 0.3 is 0 Å². The highest BCUT2D eigenvalue weighted by molar-refractivity contribution is 9.10. The largest absolute Gasteiger partial charge is 0.357 e. The smallest absolute Gasteiger partial charge is 0.224 e. The predicted octanol–water partition coefficient (Wildman–Crippen LogP) is 4.32. The Morgan fingerprint density at radius 2 is 1.86 bits per heavy atom. The van der Waals surface area contributed by atoms with Crippen LogP contribution < -0.4 is 10.6 Å². The monoisotopic (exact) mass is 346 g/mol. The molecule has 2 aromatic carbocycles. The van der Waals surface area contributed by atoms with Crippen LogP contribution >= 0.6 is 15.9 Å². The van der Waals surface area contributed by atoms with Crippen LogP contribution in [0.4, 0.5) is 21.8 Å². The van der Waals surface area contributed by atoms with Gasteiger partial charge in [0.1, 0.15) is 0 Å². The number of hydrogen-bond acceptors (Lipinski definition) is 4. The molecule has 3 aromatic rings. The zero-order valence-corrected chi connectivity index (χ0v) is 12.8. The molecule has 0 saturated carbocycles. The van der Waals surface area contributed by atoms with Crippen molar-refractivity contribution in [3.63, 3.8) is 0 Å². The lowest BCUT2D eigenvalue weighted by molar-refractivity contribution is 0.619. The van der Waals surface area contributed by atoms with Crippen molar-refractivity contribution in [1.82, 2.24) is 9.97 Å². The van der Waals surface area contributed by atoms with Crippen LogP contribution in [0.5, 0.6) is 0 Å². The zero-order chi connectivity index (χ0) is 14.8. The second-order valence-corrected chi connectivity index (χ2v) is 5.26. The molecule has 6 heteroatoms. The molecule has 0 radical (unpaired) electrons. The molecule has 4 nitrogen and oxygen atoms in total. The number of benzene rings is 2. The summed E-state index contributed by atoms with van der Waals surface area (Å²) in [6.45, 7) is 0. The van der Waals surface area contributed by atoms with Crippen molar-refractivity contribution in [2.45, 2.75) is 0 Å². The quantitative estimate of drug-likeness (QED) is 0.741. The Hall–Kier alpha value is -2.21. The van der Waals surface area contributed by atoms with Crippen molar-refractivity contribution in [3.05, 3.63) is 52.9 Å². The number of halogens is 2. The molecule has 0 spiro atoms. The second kappa shape index (κ2) is 5.65. The van der Waals surface area contributed by atoms with E-state index in [9.17, 15) is 4.39 Å². The first kappa shape index (κ1) is 13.8. The first-order chi connectivity index (χ1) is 10.2. The van der Waals surface area contributed by atoms with Crippen molar-refractivity contribution in [1.29, 1.82) is 0 Å². The summed E-state index contributed by atoms with van der Waals surface area (Å²) in [5.74, 6) is 0.00291. The number of rotatable bonds is 3. The predicted molar refractivity (Wildman–Crippen MR) is 86.5 cm³/mol. The third kappa shape index (κ3) is 2.67. The number of nitrogens with zero attached hydrogens (tertiary/aromatic N) is 2. The topological polar surface area (TPSA) is 49.8 Å². The number of fused-ring (bicyclic) bond motifs is 1. The first-order valence-corrected chi connectivity index (χ1v) is 7.13. The van der Waals surface area contributed by atoms with E-state index in [1.165, 1.54) is 0 Å². The lowest BCUT2D eigenvalue weighted by Crippen LogP contribution is -2.03. The molecule has 0 fully saturated rings. The molecule has 0 aliphatic heterocycles.